The van der Waals surface area contributed by atoms with E-state index in [4.69, 9.17) is 0 Å². The maximum absolute atomic E-state index is 11.8. The molecular formula is C13H17N5O3. The summed E-state index contributed by atoms with van der Waals surface area (Å²) in [6.07, 6.45) is 6.56. The van der Waals surface area contributed by atoms with Gasteiger partial charge in [0.1, 0.15) is 5.56 Å². The zero-order valence-corrected chi connectivity index (χ0v) is 11.7. The molecule has 0 aliphatic rings. The number of aromatic hydroxyl groups is 1. The van der Waals surface area contributed by atoms with Crippen molar-refractivity contribution in [2.75, 3.05) is 6.54 Å². The fourth-order valence-electron chi connectivity index (χ4n) is 2.00. The first-order valence-electron chi connectivity index (χ1n) is 6.66. The molecule has 2 aromatic rings. The Kier molecular flexibility index (Phi) is 4.70. The number of aromatic amines is 2. The van der Waals surface area contributed by atoms with Crippen molar-refractivity contribution in [2.24, 2.45) is 4.99 Å². The lowest BCUT2D eigenvalue weighted by Crippen LogP contribution is -2.27. The number of rotatable bonds is 6. The smallest absolute Gasteiger partial charge is 0.328 e. The van der Waals surface area contributed by atoms with Crippen LogP contribution in [0.25, 0.3) is 0 Å². The van der Waals surface area contributed by atoms with Crippen molar-refractivity contribution in [1.82, 2.24) is 19.5 Å². The average Bonchev–Trinajstić information content (AvgIpc) is 2.93. The van der Waals surface area contributed by atoms with Crippen molar-refractivity contribution in [3.63, 3.8) is 0 Å². The zero-order chi connectivity index (χ0) is 15.2. The Bertz CT molecular complexity index is 727. The molecule has 0 bridgehead atoms. The predicted octanol–water partition coefficient (Wildman–Crippen LogP) is 0.255. The molecule has 0 aromatic carbocycles. The van der Waals surface area contributed by atoms with E-state index in [-0.39, 0.29) is 5.56 Å². The number of aryl methyl sites for hydroxylation is 1. The minimum atomic E-state index is -0.739. The number of aromatic nitrogens is 4. The SMILES string of the molecule is CCC(=NCCCn1ccnc1)c1c(O)[nH]c(=O)[nH]c1=O. The van der Waals surface area contributed by atoms with Crippen LogP contribution in [-0.4, -0.2) is 36.9 Å². The van der Waals surface area contributed by atoms with Crippen LogP contribution in [0.4, 0.5) is 0 Å². The van der Waals surface area contributed by atoms with Gasteiger partial charge in [0.15, 0.2) is 0 Å². The van der Waals surface area contributed by atoms with Crippen molar-refractivity contribution in [2.45, 2.75) is 26.3 Å². The van der Waals surface area contributed by atoms with E-state index in [0.29, 0.717) is 18.7 Å². The standard InChI is InChI=1S/C13H17N5O3/c1-2-9(10-11(19)16-13(21)17-12(10)20)15-4-3-6-18-7-5-14-8-18/h5,7-8H,2-4,6H2,1H3,(H3,16,17,19,20,21). The van der Waals surface area contributed by atoms with Gasteiger partial charge in [0.2, 0.25) is 5.88 Å². The molecular weight excluding hydrogens is 274 g/mol. The molecule has 0 spiro atoms. The molecule has 3 N–H and O–H groups in total. The number of imidazole rings is 1. The highest BCUT2D eigenvalue weighted by Gasteiger charge is 2.13. The first-order valence-corrected chi connectivity index (χ1v) is 6.66. The van der Waals surface area contributed by atoms with Crippen molar-refractivity contribution < 1.29 is 5.11 Å². The van der Waals surface area contributed by atoms with Gasteiger partial charge in [-0.05, 0) is 12.8 Å². The number of aliphatic imine (C=N–C) groups is 1. The van der Waals surface area contributed by atoms with Gasteiger partial charge in [0.25, 0.3) is 5.56 Å². The summed E-state index contributed by atoms with van der Waals surface area (Å²) in [4.78, 5) is 35.3. The Morgan fingerprint density at radius 3 is 2.86 bits per heavy atom. The second kappa shape index (κ2) is 6.69. The number of hydrogen-bond donors (Lipinski definition) is 3. The molecule has 0 aliphatic carbocycles. The minimum Gasteiger partial charge on any atom is -0.494 e. The molecule has 8 nitrogen and oxygen atoms in total. The third-order valence-electron chi connectivity index (χ3n) is 2.98. The maximum Gasteiger partial charge on any atom is 0.328 e. The summed E-state index contributed by atoms with van der Waals surface area (Å²) in [5.74, 6) is -0.445. The van der Waals surface area contributed by atoms with Crippen LogP contribution in [0.5, 0.6) is 5.88 Å². The van der Waals surface area contributed by atoms with E-state index < -0.39 is 17.1 Å². The zero-order valence-electron chi connectivity index (χ0n) is 11.7. The molecule has 0 saturated carbocycles. The summed E-state index contributed by atoms with van der Waals surface area (Å²) >= 11 is 0. The minimum absolute atomic E-state index is 0.0275. The molecule has 2 heterocycles. The van der Waals surface area contributed by atoms with E-state index in [2.05, 4.69) is 19.9 Å². The Balaban J connectivity index is 2.10. The molecule has 21 heavy (non-hydrogen) atoms. The van der Waals surface area contributed by atoms with Crippen molar-refractivity contribution in [3.8, 4) is 5.88 Å². The largest absolute Gasteiger partial charge is 0.494 e. The van der Waals surface area contributed by atoms with Crippen LogP contribution in [0.1, 0.15) is 25.3 Å². The molecule has 0 unspecified atom stereocenters. The lowest BCUT2D eigenvalue weighted by Gasteiger charge is -2.05. The summed E-state index contributed by atoms with van der Waals surface area (Å²) in [5, 5.41) is 9.71. The molecule has 2 rings (SSSR count). The molecule has 0 fully saturated rings. The first kappa shape index (κ1) is 14.8. The predicted molar refractivity (Wildman–Crippen MR) is 77.9 cm³/mol. The summed E-state index contributed by atoms with van der Waals surface area (Å²) in [6.45, 7) is 3.12. The third-order valence-corrected chi connectivity index (χ3v) is 2.98. The van der Waals surface area contributed by atoms with Gasteiger partial charge in [-0.3, -0.25) is 19.8 Å². The second-order valence-electron chi connectivity index (χ2n) is 4.47. The van der Waals surface area contributed by atoms with Crippen molar-refractivity contribution in [1.29, 1.82) is 0 Å². The van der Waals surface area contributed by atoms with E-state index in [1.807, 2.05) is 17.7 Å². The van der Waals surface area contributed by atoms with Crippen LogP contribution in [0.3, 0.4) is 0 Å². The van der Waals surface area contributed by atoms with Crippen LogP contribution in [0, 0.1) is 0 Å². The van der Waals surface area contributed by atoms with Gasteiger partial charge in [-0.1, -0.05) is 6.92 Å². The van der Waals surface area contributed by atoms with Crippen LogP contribution in [0.2, 0.25) is 0 Å². The maximum atomic E-state index is 11.8. The molecule has 112 valence electrons. The van der Waals surface area contributed by atoms with Gasteiger partial charge in [0, 0.05) is 25.5 Å². The molecule has 0 atom stereocenters. The van der Waals surface area contributed by atoms with Crippen LogP contribution in [0.15, 0.2) is 33.3 Å². The summed E-state index contributed by atoms with van der Waals surface area (Å²) in [7, 11) is 0. The van der Waals surface area contributed by atoms with Gasteiger partial charge in [-0.2, -0.15) is 0 Å². The van der Waals surface area contributed by atoms with E-state index in [1.54, 1.807) is 12.5 Å². The molecule has 2 aromatic heterocycles. The topological polar surface area (TPSA) is 116 Å². The quantitative estimate of drug-likeness (QED) is 0.522. The lowest BCUT2D eigenvalue weighted by molar-refractivity contribution is 0.447. The van der Waals surface area contributed by atoms with Crippen molar-refractivity contribution in [3.05, 3.63) is 45.1 Å². The Hall–Kier alpha value is -2.64. The average molecular weight is 291 g/mol. The van der Waals surface area contributed by atoms with Crippen molar-refractivity contribution >= 4 is 5.71 Å². The van der Waals surface area contributed by atoms with Gasteiger partial charge in [-0.25, -0.2) is 9.78 Å². The number of nitrogens with zero attached hydrogens (tertiary/aromatic N) is 3. The monoisotopic (exact) mass is 291 g/mol. The molecule has 0 aliphatic heterocycles. The van der Waals surface area contributed by atoms with E-state index in [1.165, 1.54) is 0 Å². The lowest BCUT2D eigenvalue weighted by atomic mass is 10.1. The summed E-state index contributed by atoms with van der Waals surface area (Å²) in [5.41, 5.74) is -0.876. The number of hydrogen-bond acceptors (Lipinski definition) is 5. The highest BCUT2D eigenvalue weighted by Crippen LogP contribution is 2.09. The van der Waals surface area contributed by atoms with Gasteiger partial charge < -0.3 is 9.67 Å². The number of H-pyrrole nitrogens is 2. The third kappa shape index (κ3) is 3.68. The fourth-order valence-corrected chi connectivity index (χ4v) is 2.00. The van der Waals surface area contributed by atoms with E-state index in [0.717, 1.165) is 13.0 Å². The summed E-state index contributed by atoms with van der Waals surface area (Å²) in [6, 6.07) is 0. The number of nitrogens with one attached hydrogen (secondary N) is 2. The second-order valence-corrected chi connectivity index (χ2v) is 4.47. The molecule has 0 amide bonds. The first-order chi connectivity index (χ1) is 10.1. The van der Waals surface area contributed by atoms with Crippen LogP contribution in [-0.2, 0) is 6.54 Å². The van der Waals surface area contributed by atoms with E-state index >= 15 is 0 Å². The molecule has 8 heteroatoms. The molecule has 0 saturated heterocycles. The highest BCUT2D eigenvalue weighted by atomic mass is 16.3. The van der Waals surface area contributed by atoms with E-state index in [9.17, 15) is 14.7 Å². The highest BCUT2D eigenvalue weighted by molar-refractivity contribution is 6.01. The van der Waals surface area contributed by atoms with Crippen LogP contribution < -0.4 is 11.2 Å². The fraction of sp³-hybridized carbons (Fsp3) is 0.385. The Morgan fingerprint density at radius 1 is 1.43 bits per heavy atom. The van der Waals surface area contributed by atoms with Gasteiger partial charge in [-0.15, -0.1) is 0 Å². The van der Waals surface area contributed by atoms with Crippen LogP contribution >= 0.6 is 0 Å². The Morgan fingerprint density at radius 2 is 2.24 bits per heavy atom. The molecule has 0 radical (unpaired) electrons. The normalized spacial score (nSPS) is 11.8. The van der Waals surface area contributed by atoms with Gasteiger partial charge >= 0.3 is 5.69 Å². The Labute approximate surface area is 120 Å². The summed E-state index contributed by atoms with van der Waals surface area (Å²) < 4.78 is 1.94. The van der Waals surface area contributed by atoms with Gasteiger partial charge in [0.05, 0.1) is 12.0 Å².